The number of thiazole rings is 1. The van der Waals surface area contributed by atoms with E-state index in [1.165, 1.54) is 0 Å². The second-order valence-corrected chi connectivity index (χ2v) is 6.14. The van der Waals surface area contributed by atoms with Crippen LogP contribution in [0.2, 0.25) is 0 Å². The molecule has 0 fully saturated rings. The molecule has 1 N–H and O–H groups in total. The SMILES string of the molecule is O=C(CCl)NCc1cccc(-c2nc(-c3ccccc3)cs2)c1. The predicted octanol–water partition coefficient (Wildman–Crippen LogP) is 4.33. The van der Waals surface area contributed by atoms with Crippen molar-refractivity contribution in [2.24, 2.45) is 0 Å². The molecule has 5 heteroatoms. The van der Waals surface area contributed by atoms with Crippen LogP contribution in [0.25, 0.3) is 21.8 Å². The first-order chi connectivity index (χ1) is 11.3. The number of alkyl halides is 1. The van der Waals surface area contributed by atoms with Gasteiger partial charge in [-0.25, -0.2) is 4.98 Å². The van der Waals surface area contributed by atoms with Crippen molar-refractivity contribution < 1.29 is 4.79 Å². The molecule has 0 aliphatic carbocycles. The molecule has 3 aromatic rings. The van der Waals surface area contributed by atoms with Gasteiger partial charge in [-0.3, -0.25) is 4.79 Å². The van der Waals surface area contributed by atoms with Gasteiger partial charge >= 0.3 is 0 Å². The number of carbonyl (C=O) groups excluding carboxylic acids is 1. The molecule has 0 bridgehead atoms. The summed E-state index contributed by atoms with van der Waals surface area (Å²) in [6.07, 6.45) is 0. The summed E-state index contributed by atoms with van der Waals surface area (Å²) in [6.45, 7) is 0.469. The van der Waals surface area contributed by atoms with Crippen LogP contribution < -0.4 is 5.32 Å². The van der Waals surface area contributed by atoms with Crippen LogP contribution in [0.1, 0.15) is 5.56 Å². The van der Waals surface area contributed by atoms with E-state index in [0.29, 0.717) is 6.54 Å². The third-order valence-electron chi connectivity index (χ3n) is 3.36. The summed E-state index contributed by atoms with van der Waals surface area (Å²) in [5.41, 5.74) is 4.17. The molecule has 1 aromatic heterocycles. The lowest BCUT2D eigenvalue weighted by atomic mass is 10.1. The zero-order valence-electron chi connectivity index (χ0n) is 12.3. The maximum absolute atomic E-state index is 11.2. The number of nitrogens with one attached hydrogen (secondary N) is 1. The number of amides is 1. The van der Waals surface area contributed by atoms with Gasteiger partial charge in [-0.05, 0) is 11.6 Å². The van der Waals surface area contributed by atoms with Crippen molar-refractivity contribution >= 4 is 28.8 Å². The van der Waals surface area contributed by atoms with Crippen LogP contribution in [0.4, 0.5) is 0 Å². The highest BCUT2D eigenvalue weighted by molar-refractivity contribution is 7.13. The second kappa shape index (κ2) is 7.40. The molecule has 3 rings (SSSR count). The van der Waals surface area contributed by atoms with Gasteiger partial charge in [0.25, 0.3) is 0 Å². The molecule has 2 aromatic carbocycles. The number of rotatable bonds is 5. The molecule has 0 spiro atoms. The third-order valence-corrected chi connectivity index (χ3v) is 4.49. The zero-order valence-corrected chi connectivity index (χ0v) is 13.9. The van der Waals surface area contributed by atoms with Gasteiger partial charge in [-0.15, -0.1) is 22.9 Å². The van der Waals surface area contributed by atoms with E-state index in [4.69, 9.17) is 16.6 Å². The Morgan fingerprint density at radius 2 is 1.87 bits per heavy atom. The van der Waals surface area contributed by atoms with Gasteiger partial charge in [-0.2, -0.15) is 0 Å². The highest BCUT2D eigenvalue weighted by Gasteiger charge is 2.07. The summed E-state index contributed by atoms with van der Waals surface area (Å²) in [5.74, 6) is -0.190. The lowest BCUT2D eigenvalue weighted by molar-refractivity contribution is -0.118. The molecule has 3 nitrogen and oxygen atoms in total. The van der Waals surface area contributed by atoms with Crippen LogP contribution in [0.15, 0.2) is 60.0 Å². The average molecular weight is 343 g/mol. The molecule has 0 saturated carbocycles. The summed E-state index contributed by atoms with van der Waals surface area (Å²) in [5, 5.41) is 5.80. The van der Waals surface area contributed by atoms with Crippen molar-refractivity contribution in [3.8, 4) is 21.8 Å². The number of halogens is 1. The molecule has 1 heterocycles. The van der Waals surface area contributed by atoms with Crippen molar-refractivity contribution in [2.45, 2.75) is 6.54 Å². The molecule has 0 saturated heterocycles. The normalized spacial score (nSPS) is 10.5. The smallest absolute Gasteiger partial charge is 0.235 e. The molecule has 0 aliphatic rings. The Balaban J connectivity index is 1.80. The number of benzene rings is 2. The predicted molar refractivity (Wildman–Crippen MR) is 95.6 cm³/mol. The molecule has 23 heavy (non-hydrogen) atoms. The first kappa shape index (κ1) is 15.7. The minimum Gasteiger partial charge on any atom is -0.351 e. The van der Waals surface area contributed by atoms with E-state index in [2.05, 4.69) is 22.8 Å². The van der Waals surface area contributed by atoms with Crippen LogP contribution in [-0.4, -0.2) is 16.8 Å². The van der Waals surface area contributed by atoms with E-state index in [-0.39, 0.29) is 11.8 Å². The fraction of sp³-hybridized carbons (Fsp3) is 0.111. The summed E-state index contributed by atoms with van der Waals surface area (Å²) < 4.78 is 0. The number of hydrogen-bond acceptors (Lipinski definition) is 3. The van der Waals surface area contributed by atoms with Gasteiger partial charge in [0, 0.05) is 23.1 Å². The van der Waals surface area contributed by atoms with E-state index in [0.717, 1.165) is 27.4 Å². The van der Waals surface area contributed by atoms with Crippen LogP contribution in [0.5, 0.6) is 0 Å². The quantitative estimate of drug-likeness (QED) is 0.701. The Morgan fingerprint density at radius 1 is 1.09 bits per heavy atom. The maximum Gasteiger partial charge on any atom is 0.235 e. The molecule has 0 radical (unpaired) electrons. The average Bonchev–Trinajstić information content (AvgIpc) is 3.11. The maximum atomic E-state index is 11.2. The fourth-order valence-corrected chi connectivity index (χ4v) is 3.13. The van der Waals surface area contributed by atoms with Crippen LogP contribution in [0.3, 0.4) is 0 Å². The number of aromatic nitrogens is 1. The largest absolute Gasteiger partial charge is 0.351 e. The third kappa shape index (κ3) is 3.97. The van der Waals surface area contributed by atoms with E-state index in [1.54, 1.807) is 11.3 Å². The first-order valence-electron chi connectivity index (χ1n) is 7.19. The summed E-state index contributed by atoms with van der Waals surface area (Å²) in [6, 6.07) is 18.1. The number of hydrogen-bond donors (Lipinski definition) is 1. The summed E-state index contributed by atoms with van der Waals surface area (Å²) >= 11 is 7.10. The number of carbonyl (C=O) groups is 1. The summed E-state index contributed by atoms with van der Waals surface area (Å²) in [7, 11) is 0. The van der Waals surface area contributed by atoms with Gasteiger partial charge in [0.2, 0.25) is 5.91 Å². The molecule has 0 atom stereocenters. The standard InChI is InChI=1S/C18H15ClN2OS/c19-10-17(22)20-11-13-5-4-8-15(9-13)18-21-16(12-23-18)14-6-2-1-3-7-14/h1-9,12H,10-11H2,(H,20,22). The van der Waals surface area contributed by atoms with Crippen LogP contribution >= 0.6 is 22.9 Å². The van der Waals surface area contributed by atoms with Crippen molar-refractivity contribution in [2.75, 3.05) is 5.88 Å². The zero-order chi connectivity index (χ0) is 16.1. The Morgan fingerprint density at radius 3 is 2.65 bits per heavy atom. The Kier molecular flexibility index (Phi) is 5.05. The van der Waals surface area contributed by atoms with Gasteiger partial charge in [0.1, 0.15) is 10.9 Å². The fourth-order valence-electron chi connectivity index (χ4n) is 2.21. The minimum absolute atomic E-state index is 0.0212. The Labute approximate surface area is 144 Å². The minimum atomic E-state index is -0.169. The lowest BCUT2D eigenvalue weighted by Gasteiger charge is -2.05. The van der Waals surface area contributed by atoms with E-state index in [9.17, 15) is 4.79 Å². The highest BCUT2D eigenvalue weighted by Crippen LogP contribution is 2.29. The molecular weight excluding hydrogens is 328 g/mol. The second-order valence-electron chi connectivity index (χ2n) is 5.01. The van der Waals surface area contributed by atoms with Crippen LogP contribution in [-0.2, 0) is 11.3 Å². The molecule has 116 valence electrons. The van der Waals surface area contributed by atoms with Gasteiger partial charge in [0.15, 0.2) is 0 Å². The van der Waals surface area contributed by atoms with Gasteiger partial charge < -0.3 is 5.32 Å². The van der Waals surface area contributed by atoms with Gasteiger partial charge in [0.05, 0.1) is 5.69 Å². The number of nitrogens with zero attached hydrogens (tertiary/aromatic N) is 1. The van der Waals surface area contributed by atoms with E-state index in [1.807, 2.05) is 42.5 Å². The topological polar surface area (TPSA) is 42.0 Å². The van der Waals surface area contributed by atoms with Crippen molar-refractivity contribution in [1.82, 2.24) is 10.3 Å². The molecule has 0 unspecified atom stereocenters. The Hall–Kier alpha value is -2.17. The monoisotopic (exact) mass is 342 g/mol. The first-order valence-corrected chi connectivity index (χ1v) is 8.60. The summed E-state index contributed by atoms with van der Waals surface area (Å²) in [4.78, 5) is 16.0. The highest BCUT2D eigenvalue weighted by atomic mass is 35.5. The van der Waals surface area contributed by atoms with Crippen molar-refractivity contribution in [1.29, 1.82) is 0 Å². The van der Waals surface area contributed by atoms with E-state index >= 15 is 0 Å². The Bertz CT molecular complexity index is 802. The van der Waals surface area contributed by atoms with E-state index < -0.39 is 0 Å². The molecular formula is C18H15ClN2OS. The van der Waals surface area contributed by atoms with Gasteiger partial charge in [-0.1, -0.05) is 48.5 Å². The molecule has 1 amide bonds. The van der Waals surface area contributed by atoms with Crippen molar-refractivity contribution in [3.05, 3.63) is 65.5 Å². The van der Waals surface area contributed by atoms with Crippen molar-refractivity contribution in [3.63, 3.8) is 0 Å². The lowest BCUT2D eigenvalue weighted by Crippen LogP contribution is -2.23. The molecule has 0 aliphatic heterocycles. The van der Waals surface area contributed by atoms with Crippen LogP contribution in [0, 0.1) is 0 Å².